The van der Waals surface area contributed by atoms with E-state index in [1.54, 1.807) is 9.34 Å². The molecule has 1 saturated heterocycles. The molecule has 0 saturated carbocycles. The highest BCUT2D eigenvalue weighted by Crippen LogP contribution is 2.57. The predicted octanol–water partition coefficient (Wildman–Crippen LogP) is 1.83. The van der Waals surface area contributed by atoms with Crippen LogP contribution >= 0.6 is 30.9 Å². The molecule has 0 bridgehead atoms. The van der Waals surface area contributed by atoms with E-state index in [-0.39, 0.29) is 19.1 Å². The van der Waals surface area contributed by atoms with Gasteiger partial charge in [0.2, 0.25) is 0 Å². The zero-order valence-electron chi connectivity index (χ0n) is 10.6. The summed E-state index contributed by atoms with van der Waals surface area (Å²) in [6.45, 7) is 4.64. The van der Waals surface area contributed by atoms with Crippen LogP contribution in [0.25, 0.3) is 0 Å². The van der Waals surface area contributed by atoms with Crippen LogP contribution in [0, 0.1) is 5.92 Å². The van der Waals surface area contributed by atoms with Crippen LogP contribution in [0.4, 0.5) is 0 Å². The summed E-state index contributed by atoms with van der Waals surface area (Å²) >= 11 is 11.5. The van der Waals surface area contributed by atoms with Crippen LogP contribution in [-0.4, -0.2) is 65.6 Å². The number of aliphatic hydroxyl groups is 1. The third-order valence-electron chi connectivity index (χ3n) is 2.66. The van der Waals surface area contributed by atoms with Crippen molar-refractivity contribution in [2.75, 3.05) is 51.2 Å². The molecule has 1 fully saturated rings. The lowest BCUT2D eigenvalue weighted by Gasteiger charge is -2.31. The van der Waals surface area contributed by atoms with Gasteiger partial charge in [0.1, 0.15) is 0 Å². The number of hydrogen-bond donors (Lipinski definition) is 1. The number of aliphatic hydroxyl groups excluding tert-OH is 1. The molecule has 2 unspecified atom stereocenters. The molecule has 1 heterocycles. The van der Waals surface area contributed by atoms with E-state index in [1.807, 2.05) is 6.92 Å². The van der Waals surface area contributed by atoms with Gasteiger partial charge in [0.15, 0.2) is 0 Å². The zero-order chi connectivity index (χ0) is 13.6. The van der Waals surface area contributed by atoms with Gasteiger partial charge in [0.05, 0.1) is 6.61 Å². The van der Waals surface area contributed by atoms with Crippen LogP contribution in [0.5, 0.6) is 0 Å². The molecule has 1 N–H and O–H groups in total. The molecule has 1 aliphatic rings. The fraction of sp³-hybridized carbons (Fsp3) is 1.00. The molecule has 1 rings (SSSR count). The average molecular weight is 319 g/mol. The van der Waals surface area contributed by atoms with Crippen LogP contribution in [0.15, 0.2) is 0 Å². The van der Waals surface area contributed by atoms with Crippen LogP contribution in [-0.2, 0) is 9.09 Å². The van der Waals surface area contributed by atoms with Gasteiger partial charge in [-0.15, -0.1) is 23.2 Å². The van der Waals surface area contributed by atoms with Gasteiger partial charge in [-0.3, -0.25) is 4.57 Å². The molecule has 0 aliphatic carbocycles. The highest BCUT2D eigenvalue weighted by Gasteiger charge is 2.44. The van der Waals surface area contributed by atoms with Crippen molar-refractivity contribution in [1.82, 2.24) is 9.34 Å². The Labute approximate surface area is 119 Å². The summed E-state index contributed by atoms with van der Waals surface area (Å²) in [6.07, 6.45) is 0. The van der Waals surface area contributed by atoms with Gasteiger partial charge in [-0.05, 0) is 0 Å². The standard InChI is InChI=1S/C10H21Cl2N2O3P/c1-10(8-15)9-17-18(16,14-6-7-14)13(4-2-11)5-3-12/h10,15H,2-9H2,1H3. The molecular weight excluding hydrogens is 298 g/mol. The summed E-state index contributed by atoms with van der Waals surface area (Å²) in [5.41, 5.74) is 0. The zero-order valence-corrected chi connectivity index (χ0v) is 13.0. The Morgan fingerprint density at radius 2 is 1.94 bits per heavy atom. The Morgan fingerprint density at radius 3 is 2.33 bits per heavy atom. The molecular formula is C10H21Cl2N2O3P. The third-order valence-corrected chi connectivity index (χ3v) is 5.72. The minimum atomic E-state index is -3.00. The van der Waals surface area contributed by atoms with E-state index >= 15 is 0 Å². The van der Waals surface area contributed by atoms with Gasteiger partial charge in [0.25, 0.3) is 0 Å². The summed E-state index contributed by atoms with van der Waals surface area (Å²) in [5, 5.41) is 8.99. The molecule has 5 nitrogen and oxygen atoms in total. The van der Waals surface area contributed by atoms with E-state index in [0.29, 0.717) is 24.8 Å². The molecule has 2 atom stereocenters. The van der Waals surface area contributed by atoms with Gasteiger partial charge in [-0.2, -0.15) is 0 Å². The van der Waals surface area contributed by atoms with Crippen molar-refractivity contribution in [2.45, 2.75) is 6.92 Å². The van der Waals surface area contributed by atoms with E-state index < -0.39 is 7.67 Å². The maximum absolute atomic E-state index is 12.9. The number of alkyl halides is 2. The second-order valence-corrected chi connectivity index (χ2v) is 7.49. The highest BCUT2D eigenvalue weighted by atomic mass is 35.5. The van der Waals surface area contributed by atoms with Gasteiger partial charge < -0.3 is 9.63 Å². The van der Waals surface area contributed by atoms with Gasteiger partial charge in [-0.25, -0.2) is 9.34 Å². The fourth-order valence-electron chi connectivity index (χ4n) is 1.48. The Balaban J connectivity index is 2.67. The summed E-state index contributed by atoms with van der Waals surface area (Å²) in [7, 11) is -3.00. The minimum absolute atomic E-state index is 0.0189. The van der Waals surface area contributed by atoms with Crippen LogP contribution in [0.3, 0.4) is 0 Å². The SMILES string of the molecule is CC(CO)COP(=O)(N(CCCl)CCCl)N1CC1. The summed E-state index contributed by atoms with van der Waals surface area (Å²) in [4.78, 5) is 0. The lowest BCUT2D eigenvalue weighted by Crippen LogP contribution is -2.30. The monoisotopic (exact) mass is 318 g/mol. The van der Waals surface area contributed by atoms with Crippen LogP contribution in [0.2, 0.25) is 0 Å². The molecule has 0 aromatic heterocycles. The van der Waals surface area contributed by atoms with Crippen LogP contribution in [0.1, 0.15) is 6.92 Å². The van der Waals surface area contributed by atoms with E-state index in [4.69, 9.17) is 32.8 Å². The quantitative estimate of drug-likeness (QED) is 0.378. The van der Waals surface area contributed by atoms with E-state index in [9.17, 15) is 4.57 Å². The maximum Gasteiger partial charge on any atom is 0.346 e. The average Bonchev–Trinajstić information content (AvgIpc) is 3.19. The summed E-state index contributed by atoms with van der Waals surface area (Å²) < 4.78 is 22.0. The number of rotatable bonds is 10. The van der Waals surface area contributed by atoms with Crippen molar-refractivity contribution in [3.8, 4) is 0 Å². The largest absolute Gasteiger partial charge is 0.396 e. The fourth-order valence-corrected chi connectivity index (χ4v) is 4.55. The van der Waals surface area contributed by atoms with Crippen molar-refractivity contribution in [2.24, 2.45) is 5.92 Å². The summed E-state index contributed by atoms with van der Waals surface area (Å²) in [6, 6.07) is 0. The van der Waals surface area contributed by atoms with E-state index in [2.05, 4.69) is 0 Å². The van der Waals surface area contributed by atoms with Gasteiger partial charge >= 0.3 is 7.67 Å². The summed E-state index contributed by atoms with van der Waals surface area (Å²) in [5.74, 6) is 0.730. The number of hydrogen-bond acceptors (Lipinski definition) is 3. The van der Waals surface area contributed by atoms with E-state index in [0.717, 1.165) is 13.1 Å². The lowest BCUT2D eigenvalue weighted by atomic mass is 10.2. The van der Waals surface area contributed by atoms with Crippen molar-refractivity contribution in [1.29, 1.82) is 0 Å². The van der Waals surface area contributed by atoms with Crippen molar-refractivity contribution in [3.63, 3.8) is 0 Å². The molecule has 0 spiro atoms. The molecule has 0 radical (unpaired) electrons. The Kier molecular flexibility index (Phi) is 7.47. The first-order valence-electron chi connectivity index (χ1n) is 6.06. The molecule has 108 valence electrons. The van der Waals surface area contributed by atoms with Crippen molar-refractivity contribution < 1.29 is 14.2 Å². The predicted molar refractivity (Wildman–Crippen MR) is 74.4 cm³/mol. The Hall–Kier alpha value is 0.650. The highest BCUT2D eigenvalue weighted by molar-refractivity contribution is 7.54. The molecule has 18 heavy (non-hydrogen) atoms. The second-order valence-electron chi connectivity index (χ2n) is 4.36. The first-order chi connectivity index (χ1) is 8.58. The molecule has 0 aromatic rings. The normalized spacial score (nSPS) is 20.9. The molecule has 0 aromatic carbocycles. The first-order valence-corrected chi connectivity index (χ1v) is 8.66. The topological polar surface area (TPSA) is 52.8 Å². The smallest absolute Gasteiger partial charge is 0.346 e. The van der Waals surface area contributed by atoms with Gasteiger partial charge in [0, 0.05) is 50.5 Å². The van der Waals surface area contributed by atoms with Crippen LogP contribution < -0.4 is 0 Å². The molecule has 1 aliphatic heterocycles. The Bertz CT molecular complexity index is 286. The molecule has 0 amide bonds. The van der Waals surface area contributed by atoms with Gasteiger partial charge in [-0.1, -0.05) is 6.92 Å². The second kappa shape index (κ2) is 8.05. The van der Waals surface area contributed by atoms with E-state index in [1.165, 1.54) is 0 Å². The van der Waals surface area contributed by atoms with Crippen molar-refractivity contribution in [3.05, 3.63) is 0 Å². The Morgan fingerprint density at radius 1 is 1.39 bits per heavy atom. The number of nitrogens with zero attached hydrogens (tertiary/aromatic N) is 2. The third kappa shape index (κ3) is 4.64. The molecule has 8 heteroatoms. The number of halogens is 2. The minimum Gasteiger partial charge on any atom is -0.396 e. The maximum atomic E-state index is 12.9. The lowest BCUT2D eigenvalue weighted by molar-refractivity contribution is 0.158. The van der Waals surface area contributed by atoms with Crippen molar-refractivity contribution >= 4 is 30.9 Å². The first kappa shape index (κ1) is 16.7.